The molecule has 0 aromatic rings. The second-order valence-electron chi connectivity index (χ2n) is 4.88. The van der Waals surface area contributed by atoms with Gasteiger partial charge in [-0.05, 0) is 24.7 Å². The standard InChI is InChI=1S/C10H19N3O2/c1-6(8(11)13-15)9(14)12-5-7-4-10(7,2)3/h6-7,15H,4-5H2,1-3H3,(H2,11,13)(H,12,14). The van der Waals surface area contributed by atoms with E-state index in [1.165, 1.54) is 0 Å². The lowest BCUT2D eigenvalue weighted by Crippen LogP contribution is -2.38. The lowest BCUT2D eigenvalue weighted by Gasteiger charge is -2.11. The van der Waals surface area contributed by atoms with E-state index in [2.05, 4.69) is 24.3 Å². The monoisotopic (exact) mass is 213 g/mol. The predicted molar refractivity (Wildman–Crippen MR) is 57.5 cm³/mol. The highest BCUT2D eigenvalue weighted by atomic mass is 16.4. The molecular weight excluding hydrogens is 194 g/mol. The molecule has 0 heterocycles. The summed E-state index contributed by atoms with van der Waals surface area (Å²) in [6.45, 7) is 6.64. The maximum absolute atomic E-state index is 11.5. The molecule has 1 aliphatic carbocycles. The Kier molecular flexibility index (Phi) is 3.21. The lowest BCUT2D eigenvalue weighted by atomic mass is 10.1. The quantitative estimate of drug-likeness (QED) is 0.275. The van der Waals surface area contributed by atoms with Crippen LogP contribution in [0.1, 0.15) is 27.2 Å². The summed E-state index contributed by atoms with van der Waals surface area (Å²) in [6.07, 6.45) is 1.14. The van der Waals surface area contributed by atoms with Crippen LogP contribution in [0.25, 0.3) is 0 Å². The number of nitrogens with one attached hydrogen (secondary N) is 1. The molecule has 15 heavy (non-hydrogen) atoms. The van der Waals surface area contributed by atoms with Gasteiger partial charge in [-0.15, -0.1) is 0 Å². The number of oxime groups is 1. The molecule has 1 saturated carbocycles. The zero-order valence-electron chi connectivity index (χ0n) is 9.45. The van der Waals surface area contributed by atoms with Crippen molar-refractivity contribution in [2.45, 2.75) is 27.2 Å². The molecule has 4 N–H and O–H groups in total. The fourth-order valence-electron chi connectivity index (χ4n) is 1.52. The summed E-state index contributed by atoms with van der Waals surface area (Å²) in [5.41, 5.74) is 5.69. The molecule has 2 atom stereocenters. The van der Waals surface area contributed by atoms with Crippen molar-refractivity contribution in [1.29, 1.82) is 0 Å². The number of hydrogen-bond donors (Lipinski definition) is 3. The molecule has 0 aromatic carbocycles. The zero-order chi connectivity index (χ0) is 11.6. The minimum absolute atomic E-state index is 0.0532. The number of carbonyl (C=O) groups excluding carboxylic acids is 1. The second kappa shape index (κ2) is 4.08. The third-order valence-corrected chi connectivity index (χ3v) is 3.19. The fraction of sp³-hybridized carbons (Fsp3) is 0.800. The number of amides is 1. The average molecular weight is 213 g/mol. The smallest absolute Gasteiger partial charge is 0.230 e. The van der Waals surface area contributed by atoms with Crippen LogP contribution in [-0.4, -0.2) is 23.5 Å². The molecule has 0 spiro atoms. The van der Waals surface area contributed by atoms with Crippen LogP contribution in [-0.2, 0) is 4.79 Å². The Morgan fingerprint density at radius 2 is 2.27 bits per heavy atom. The molecule has 86 valence electrons. The van der Waals surface area contributed by atoms with Gasteiger partial charge in [-0.3, -0.25) is 4.79 Å². The van der Waals surface area contributed by atoms with Gasteiger partial charge in [0.25, 0.3) is 0 Å². The highest BCUT2D eigenvalue weighted by Gasteiger charge is 2.45. The summed E-state index contributed by atoms with van der Waals surface area (Å²) in [5, 5.41) is 14.0. The maximum atomic E-state index is 11.5. The van der Waals surface area contributed by atoms with Crippen molar-refractivity contribution in [3.05, 3.63) is 0 Å². The van der Waals surface area contributed by atoms with Crippen molar-refractivity contribution in [1.82, 2.24) is 5.32 Å². The average Bonchev–Trinajstić information content (AvgIpc) is 2.80. The van der Waals surface area contributed by atoms with Crippen LogP contribution in [0.3, 0.4) is 0 Å². The van der Waals surface area contributed by atoms with Crippen LogP contribution in [0, 0.1) is 17.3 Å². The molecule has 1 amide bonds. The van der Waals surface area contributed by atoms with Crippen LogP contribution in [0.2, 0.25) is 0 Å². The summed E-state index contributed by atoms with van der Waals surface area (Å²) in [6, 6.07) is 0. The van der Waals surface area contributed by atoms with Crippen molar-refractivity contribution in [2.24, 2.45) is 28.1 Å². The van der Waals surface area contributed by atoms with Gasteiger partial charge in [0.05, 0.1) is 5.92 Å². The van der Waals surface area contributed by atoms with E-state index >= 15 is 0 Å². The van der Waals surface area contributed by atoms with E-state index in [9.17, 15) is 4.79 Å². The first-order valence-electron chi connectivity index (χ1n) is 5.13. The Balaban J connectivity index is 2.31. The Hall–Kier alpha value is -1.26. The first-order chi connectivity index (χ1) is 6.88. The lowest BCUT2D eigenvalue weighted by molar-refractivity contribution is -0.122. The van der Waals surface area contributed by atoms with Crippen molar-refractivity contribution in [3.8, 4) is 0 Å². The van der Waals surface area contributed by atoms with E-state index in [1.807, 2.05) is 0 Å². The summed E-state index contributed by atoms with van der Waals surface area (Å²) < 4.78 is 0. The zero-order valence-corrected chi connectivity index (χ0v) is 9.45. The first kappa shape index (κ1) is 11.8. The molecule has 1 rings (SSSR count). The van der Waals surface area contributed by atoms with Gasteiger partial charge in [-0.25, -0.2) is 0 Å². The van der Waals surface area contributed by atoms with Gasteiger partial charge >= 0.3 is 0 Å². The number of hydrogen-bond acceptors (Lipinski definition) is 3. The number of nitrogens with two attached hydrogens (primary N) is 1. The van der Waals surface area contributed by atoms with Gasteiger partial charge in [0.2, 0.25) is 5.91 Å². The summed E-state index contributed by atoms with van der Waals surface area (Å²) >= 11 is 0. The molecular formula is C10H19N3O2. The van der Waals surface area contributed by atoms with E-state index in [0.717, 1.165) is 6.42 Å². The molecule has 0 aliphatic heterocycles. The number of rotatable bonds is 4. The first-order valence-corrected chi connectivity index (χ1v) is 5.13. The predicted octanol–water partition coefficient (Wildman–Crippen LogP) is 0.531. The van der Waals surface area contributed by atoms with Crippen molar-refractivity contribution < 1.29 is 10.0 Å². The largest absolute Gasteiger partial charge is 0.409 e. The fourth-order valence-corrected chi connectivity index (χ4v) is 1.52. The molecule has 0 aromatic heterocycles. The van der Waals surface area contributed by atoms with Crippen LogP contribution in [0.15, 0.2) is 5.16 Å². The highest BCUT2D eigenvalue weighted by Crippen LogP contribution is 2.50. The third-order valence-electron chi connectivity index (χ3n) is 3.19. The molecule has 0 bridgehead atoms. The van der Waals surface area contributed by atoms with Crippen LogP contribution < -0.4 is 11.1 Å². The van der Waals surface area contributed by atoms with Crippen LogP contribution in [0.5, 0.6) is 0 Å². The Labute approximate surface area is 89.7 Å². The minimum Gasteiger partial charge on any atom is -0.409 e. The molecule has 0 radical (unpaired) electrons. The van der Waals surface area contributed by atoms with Gasteiger partial charge < -0.3 is 16.3 Å². The molecule has 2 unspecified atom stereocenters. The van der Waals surface area contributed by atoms with E-state index < -0.39 is 5.92 Å². The van der Waals surface area contributed by atoms with Gasteiger partial charge in [0.1, 0.15) is 0 Å². The van der Waals surface area contributed by atoms with E-state index in [1.54, 1.807) is 6.92 Å². The summed E-state index contributed by atoms with van der Waals surface area (Å²) in [4.78, 5) is 11.5. The van der Waals surface area contributed by atoms with Gasteiger partial charge in [0.15, 0.2) is 5.84 Å². The van der Waals surface area contributed by atoms with Gasteiger partial charge in [-0.2, -0.15) is 0 Å². The number of amidine groups is 1. The highest BCUT2D eigenvalue weighted by molar-refractivity contribution is 6.01. The SMILES string of the molecule is CC(C(=O)NCC1CC1(C)C)C(N)=NO. The van der Waals surface area contributed by atoms with E-state index in [4.69, 9.17) is 10.9 Å². The van der Waals surface area contributed by atoms with Gasteiger partial charge in [0, 0.05) is 6.54 Å². The van der Waals surface area contributed by atoms with Crippen molar-refractivity contribution in [2.75, 3.05) is 6.54 Å². The Bertz CT molecular complexity index is 286. The molecule has 1 fully saturated rings. The summed E-state index contributed by atoms with van der Waals surface area (Å²) in [5.74, 6) is -0.256. The topological polar surface area (TPSA) is 87.7 Å². The Morgan fingerprint density at radius 3 is 2.67 bits per heavy atom. The van der Waals surface area contributed by atoms with Crippen molar-refractivity contribution in [3.63, 3.8) is 0 Å². The Morgan fingerprint density at radius 1 is 1.73 bits per heavy atom. The molecule has 5 nitrogen and oxygen atoms in total. The number of nitrogens with zero attached hydrogens (tertiary/aromatic N) is 1. The minimum atomic E-state index is -0.572. The van der Waals surface area contributed by atoms with Gasteiger partial charge in [-0.1, -0.05) is 19.0 Å². The summed E-state index contributed by atoms with van der Waals surface area (Å²) in [7, 11) is 0. The van der Waals surface area contributed by atoms with E-state index in [-0.39, 0.29) is 11.7 Å². The van der Waals surface area contributed by atoms with Crippen molar-refractivity contribution >= 4 is 11.7 Å². The van der Waals surface area contributed by atoms with E-state index in [0.29, 0.717) is 17.9 Å². The molecule has 1 aliphatic rings. The maximum Gasteiger partial charge on any atom is 0.230 e. The van der Waals surface area contributed by atoms with Crippen LogP contribution >= 0.6 is 0 Å². The van der Waals surface area contributed by atoms with Crippen LogP contribution in [0.4, 0.5) is 0 Å². The molecule has 0 saturated heterocycles. The third kappa shape index (κ3) is 2.84. The molecule has 5 heteroatoms. The normalized spacial score (nSPS) is 25.8. The second-order valence-corrected chi connectivity index (χ2v) is 4.88. The number of carbonyl (C=O) groups is 1.